The van der Waals surface area contributed by atoms with E-state index in [1.165, 1.54) is 14.2 Å². The number of alkyl halides is 2. The zero-order valence-electron chi connectivity index (χ0n) is 9.68. The van der Waals surface area contributed by atoms with E-state index in [0.717, 1.165) is 12.1 Å². The van der Waals surface area contributed by atoms with Gasteiger partial charge in [-0.3, -0.25) is 0 Å². The van der Waals surface area contributed by atoms with E-state index in [4.69, 9.17) is 14.6 Å². The zero-order chi connectivity index (χ0) is 13.9. The second kappa shape index (κ2) is 5.63. The molecular weight excluding hydrogens is 250 g/mol. The minimum Gasteiger partial charge on any atom is -0.496 e. The lowest BCUT2D eigenvalue weighted by molar-refractivity contribution is -0.147. The maximum absolute atomic E-state index is 12.7. The molecule has 0 radical (unpaired) electrons. The second-order valence-corrected chi connectivity index (χ2v) is 3.38. The third-order valence-corrected chi connectivity index (χ3v) is 2.35. The van der Waals surface area contributed by atoms with Gasteiger partial charge in [-0.2, -0.15) is 0 Å². The number of hydrogen-bond acceptors (Lipinski definition) is 4. The number of carboxylic acids is 1. The molecule has 1 aromatic rings. The van der Waals surface area contributed by atoms with Gasteiger partial charge < -0.3 is 19.7 Å². The maximum atomic E-state index is 12.7. The number of halogens is 2. The van der Waals surface area contributed by atoms with Crippen molar-refractivity contribution in [2.24, 2.45) is 0 Å². The Kier molecular flexibility index (Phi) is 4.43. The SMILES string of the molecule is COc1cc(OC)c(C(O)C(=O)O)cc1C(F)F. The van der Waals surface area contributed by atoms with Crippen molar-refractivity contribution in [2.75, 3.05) is 14.2 Å². The Balaban J connectivity index is 3.40. The van der Waals surface area contributed by atoms with Gasteiger partial charge in [-0.05, 0) is 6.07 Å². The van der Waals surface area contributed by atoms with Crippen LogP contribution < -0.4 is 9.47 Å². The van der Waals surface area contributed by atoms with Gasteiger partial charge in [0.05, 0.1) is 19.8 Å². The van der Waals surface area contributed by atoms with Crippen molar-refractivity contribution in [1.29, 1.82) is 0 Å². The highest BCUT2D eigenvalue weighted by molar-refractivity contribution is 5.75. The van der Waals surface area contributed by atoms with E-state index in [-0.39, 0.29) is 17.1 Å². The van der Waals surface area contributed by atoms with Crippen LogP contribution in [0.25, 0.3) is 0 Å². The largest absolute Gasteiger partial charge is 0.496 e. The summed E-state index contributed by atoms with van der Waals surface area (Å²) in [6, 6.07) is 1.98. The van der Waals surface area contributed by atoms with Crippen molar-refractivity contribution in [3.05, 3.63) is 23.3 Å². The zero-order valence-corrected chi connectivity index (χ0v) is 9.68. The Bertz CT molecular complexity index is 447. The van der Waals surface area contributed by atoms with Gasteiger partial charge in [-0.15, -0.1) is 0 Å². The minimum absolute atomic E-state index is 0.0360. The summed E-state index contributed by atoms with van der Waals surface area (Å²) < 4.78 is 35.1. The molecule has 7 heteroatoms. The van der Waals surface area contributed by atoms with Crippen LogP contribution in [0.4, 0.5) is 8.78 Å². The Morgan fingerprint density at radius 1 is 1.17 bits per heavy atom. The summed E-state index contributed by atoms with van der Waals surface area (Å²) in [5.41, 5.74) is -0.755. The van der Waals surface area contributed by atoms with Crippen LogP contribution in [0.15, 0.2) is 12.1 Å². The van der Waals surface area contributed by atoms with Crippen molar-refractivity contribution in [3.8, 4) is 11.5 Å². The van der Waals surface area contributed by atoms with Crippen molar-refractivity contribution < 1.29 is 33.3 Å². The predicted molar refractivity (Wildman–Crippen MR) is 57.1 cm³/mol. The molecule has 1 unspecified atom stereocenters. The highest BCUT2D eigenvalue weighted by Gasteiger charge is 2.25. The predicted octanol–water partition coefficient (Wildman–Crippen LogP) is 1.76. The summed E-state index contributed by atoms with van der Waals surface area (Å²) in [7, 11) is 2.43. The molecular formula is C11H12F2O5. The molecule has 5 nitrogen and oxygen atoms in total. The van der Waals surface area contributed by atoms with Gasteiger partial charge in [0.1, 0.15) is 11.5 Å². The number of ether oxygens (including phenoxy) is 2. The van der Waals surface area contributed by atoms with Gasteiger partial charge in [0.15, 0.2) is 6.10 Å². The van der Waals surface area contributed by atoms with Crippen molar-refractivity contribution in [2.45, 2.75) is 12.5 Å². The summed E-state index contributed by atoms with van der Waals surface area (Å²) in [5.74, 6) is -1.73. The van der Waals surface area contributed by atoms with Gasteiger partial charge in [0.2, 0.25) is 0 Å². The number of rotatable bonds is 5. The normalized spacial score (nSPS) is 12.3. The molecule has 0 aromatic heterocycles. The van der Waals surface area contributed by atoms with Crippen LogP contribution in [0.2, 0.25) is 0 Å². The van der Waals surface area contributed by atoms with Crippen molar-refractivity contribution in [1.82, 2.24) is 0 Å². The lowest BCUT2D eigenvalue weighted by Crippen LogP contribution is -2.12. The molecule has 100 valence electrons. The standard InChI is InChI=1S/C11H12F2O5/c1-17-7-4-8(18-2)6(10(12)13)3-5(7)9(14)11(15)16/h3-4,9-10,14H,1-2H3,(H,15,16). The summed E-state index contributed by atoms with van der Waals surface area (Å²) in [5, 5.41) is 18.1. The summed E-state index contributed by atoms with van der Waals surface area (Å²) in [6.45, 7) is 0. The van der Waals surface area contributed by atoms with Gasteiger partial charge in [-0.25, -0.2) is 13.6 Å². The third kappa shape index (κ3) is 2.67. The Morgan fingerprint density at radius 2 is 1.67 bits per heavy atom. The highest BCUT2D eigenvalue weighted by atomic mass is 19.3. The van der Waals surface area contributed by atoms with E-state index in [1.807, 2.05) is 0 Å². The fourth-order valence-corrected chi connectivity index (χ4v) is 1.47. The van der Waals surface area contributed by atoms with Gasteiger partial charge >= 0.3 is 5.97 Å². The molecule has 18 heavy (non-hydrogen) atoms. The summed E-state index contributed by atoms with van der Waals surface area (Å²) >= 11 is 0. The number of methoxy groups -OCH3 is 2. The molecule has 1 rings (SSSR count). The topological polar surface area (TPSA) is 76.0 Å². The maximum Gasteiger partial charge on any atom is 0.337 e. The molecule has 0 aliphatic heterocycles. The number of benzene rings is 1. The Hall–Kier alpha value is -1.89. The van der Waals surface area contributed by atoms with Crippen LogP contribution >= 0.6 is 0 Å². The van der Waals surface area contributed by atoms with E-state index in [1.54, 1.807) is 0 Å². The molecule has 0 aliphatic rings. The number of carboxylic acid groups (broad SMARTS) is 1. The van der Waals surface area contributed by atoms with Gasteiger partial charge in [0, 0.05) is 11.6 Å². The van der Waals surface area contributed by atoms with E-state index in [9.17, 15) is 18.7 Å². The minimum atomic E-state index is -2.86. The molecule has 0 spiro atoms. The first-order chi connectivity index (χ1) is 8.42. The quantitative estimate of drug-likeness (QED) is 0.845. The Morgan fingerprint density at radius 3 is 2.06 bits per heavy atom. The molecule has 2 N–H and O–H groups in total. The van der Waals surface area contributed by atoms with Crippen molar-refractivity contribution >= 4 is 5.97 Å². The third-order valence-electron chi connectivity index (χ3n) is 2.35. The number of aliphatic hydroxyl groups is 1. The number of carbonyl (C=O) groups is 1. The molecule has 1 aromatic carbocycles. The van der Waals surface area contributed by atoms with Crippen LogP contribution in [0.5, 0.6) is 11.5 Å². The van der Waals surface area contributed by atoms with Crippen LogP contribution in [0, 0.1) is 0 Å². The molecule has 0 amide bonds. The molecule has 0 saturated heterocycles. The van der Waals surface area contributed by atoms with Gasteiger partial charge in [-0.1, -0.05) is 0 Å². The van der Waals surface area contributed by atoms with E-state index >= 15 is 0 Å². The Labute approximate surface area is 102 Å². The van der Waals surface area contributed by atoms with Crippen molar-refractivity contribution in [3.63, 3.8) is 0 Å². The number of aliphatic carboxylic acids is 1. The molecule has 1 atom stereocenters. The lowest BCUT2D eigenvalue weighted by Gasteiger charge is -2.16. The molecule has 0 bridgehead atoms. The van der Waals surface area contributed by atoms with Crippen LogP contribution in [0.3, 0.4) is 0 Å². The lowest BCUT2D eigenvalue weighted by atomic mass is 10.0. The summed E-state index contributed by atoms with van der Waals surface area (Å²) in [4.78, 5) is 10.7. The fourth-order valence-electron chi connectivity index (χ4n) is 1.47. The van der Waals surface area contributed by atoms with Crippen LogP contribution in [0.1, 0.15) is 23.7 Å². The average molecular weight is 262 g/mol. The monoisotopic (exact) mass is 262 g/mol. The number of aliphatic hydroxyl groups excluding tert-OH is 1. The first kappa shape index (κ1) is 14.2. The molecule has 0 saturated carbocycles. The molecule has 0 fully saturated rings. The average Bonchev–Trinajstić information content (AvgIpc) is 2.35. The molecule has 0 aliphatic carbocycles. The van der Waals surface area contributed by atoms with E-state index in [0.29, 0.717) is 0 Å². The highest BCUT2D eigenvalue weighted by Crippen LogP contribution is 2.37. The first-order valence-corrected chi connectivity index (χ1v) is 4.87. The number of hydrogen-bond donors (Lipinski definition) is 2. The molecule has 0 heterocycles. The second-order valence-electron chi connectivity index (χ2n) is 3.38. The van der Waals surface area contributed by atoms with E-state index < -0.39 is 24.1 Å². The summed E-state index contributed by atoms with van der Waals surface area (Å²) in [6.07, 6.45) is -4.80. The fraction of sp³-hybridized carbons (Fsp3) is 0.364. The van der Waals surface area contributed by atoms with Gasteiger partial charge in [0.25, 0.3) is 6.43 Å². The van der Waals surface area contributed by atoms with E-state index in [2.05, 4.69) is 0 Å². The van der Waals surface area contributed by atoms with Crippen LogP contribution in [-0.2, 0) is 4.79 Å². The van der Waals surface area contributed by atoms with Crippen LogP contribution in [-0.4, -0.2) is 30.4 Å². The first-order valence-electron chi connectivity index (χ1n) is 4.87. The smallest absolute Gasteiger partial charge is 0.337 e.